The second kappa shape index (κ2) is 13.2. The number of aryl methyl sites for hydroxylation is 1. The van der Waals surface area contributed by atoms with Gasteiger partial charge in [0.05, 0.1) is 22.4 Å². The van der Waals surface area contributed by atoms with Gasteiger partial charge in [-0.15, -0.1) is 0 Å². The van der Waals surface area contributed by atoms with Crippen molar-refractivity contribution in [2.45, 2.75) is 63.1 Å². The summed E-state index contributed by atoms with van der Waals surface area (Å²) in [5.74, 6) is -3.31. The first-order chi connectivity index (χ1) is 21.9. The number of carbonyl (C=O) groups is 5. The highest BCUT2D eigenvalue weighted by Gasteiger charge is 2.46. The molecule has 3 aromatic rings. The van der Waals surface area contributed by atoms with Crippen molar-refractivity contribution in [1.82, 2.24) is 9.62 Å². The van der Waals surface area contributed by atoms with Gasteiger partial charge in [-0.25, -0.2) is 27.8 Å². The maximum Gasteiger partial charge on any atom is 0.343 e. The van der Waals surface area contributed by atoms with Crippen molar-refractivity contribution in [3.8, 4) is 0 Å². The van der Waals surface area contributed by atoms with E-state index in [0.29, 0.717) is 12.0 Å². The van der Waals surface area contributed by atoms with Gasteiger partial charge in [0.1, 0.15) is 12.1 Å². The van der Waals surface area contributed by atoms with Crippen molar-refractivity contribution in [3.63, 3.8) is 0 Å². The molecule has 3 aromatic carbocycles. The number of ether oxygens (including phenoxy) is 1. The van der Waals surface area contributed by atoms with Gasteiger partial charge in [0.2, 0.25) is 15.9 Å². The Hall–Kier alpha value is -4.88. The van der Waals surface area contributed by atoms with Gasteiger partial charge < -0.3 is 10.1 Å². The standard InChI is InChI=1S/C33H34N4O8S/c1-21(2)45-32(41)27(34-29(38)28-10-7-19-35(28)46(43,44)26-17-11-22(3)12-18-26)20-23-13-15-25(16-14-23)37-31(40)30(39)36(33(37)42)24-8-5-4-6-9-24/h4-6,8-9,11-18,21,27-28H,7,10,19-20H2,1-3H3,(H,34,38)/t27-,28-/m0/s1. The van der Waals surface area contributed by atoms with E-state index < -0.39 is 57.9 Å². The largest absolute Gasteiger partial charge is 0.461 e. The van der Waals surface area contributed by atoms with Gasteiger partial charge in [-0.2, -0.15) is 4.31 Å². The van der Waals surface area contributed by atoms with E-state index in [1.165, 1.54) is 24.3 Å². The summed E-state index contributed by atoms with van der Waals surface area (Å²) >= 11 is 0. The average molecular weight is 647 g/mol. The third kappa shape index (κ3) is 6.56. The minimum atomic E-state index is -3.96. The number of carbonyl (C=O) groups excluding carboxylic acids is 5. The Morgan fingerprint density at radius 2 is 1.46 bits per heavy atom. The Bertz CT molecular complexity index is 1760. The molecule has 2 aliphatic rings. The van der Waals surface area contributed by atoms with Crippen LogP contribution < -0.4 is 15.1 Å². The molecule has 2 fully saturated rings. The van der Waals surface area contributed by atoms with E-state index in [1.807, 2.05) is 6.92 Å². The smallest absolute Gasteiger partial charge is 0.343 e. The van der Waals surface area contributed by atoms with Crippen LogP contribution in [0.3, 0.4) is 0 Å². The number of imide groups is 2. The van der Waals surface area contributed by atoms with Crippen LogP contribution in [-0.2, 0) is 40.4 Å². The number of urea groups is 1. The number of anilines is 2. The van der Waals surface area contributed by atoms with Gasteiger partial charge in [0.15, 0.2) is 0 Å². The Balaban J connectivity index is 1.33. The first kappa shape index (κ1) is 32.5. The number of sulfonamides is 1. The zero-order valence-corrected chi connectivity index (χ0v) is 26.4. The molecule has 0 radical (unpaired) electrons. The molecular weight excluding hydrogens is 612 g/mol. The number of amides is 5. The number of hydrogen-bond acceptors (Lipinski definition) is 8. The normalized spacial score (nSPS) is 17.9. The molecule has 5 rings (SSSR count). The van der Waals surface area contributed by atoms with E-state index in [9.17, 15) is 32.4 Å². The molecule has 0 bridgehead atoms. The van der Waals surface area contributed by atoms with Crippen LogP contribution in [-0.4, -0.2) is 67.2 Å². The number of esters is 1. The Morgan fingerprint density at radius 3 is 2.04 bits per heavy atom. The molecule has 0 aromatic heterocycles. The highest BCUT2D eigenvalue weighted by molar-refractivity contribution is 7.89. The van der Waals surface area contributed by atoms with Gasteiger partial charge in [-0.3, -0.25) is 14.4 Å². The first-order valence-electron chi connectivity index (χ1n) is 14.8. The maximum absolute atomic E-state index is 13.5. The van der Waals surface area contributed by atoms with Crippen molar-refractivity contribution in [1.29, 1.82) is 0 Å². The van der Waals surface area contributed by atoms with Gasteiger partial charge in [-0.1, -0.05) is 48.0 Å². The summed E-state index contributed by atoms with van der Waals surface area (Å²) in [7, 11) is -3.96. The van der Waals surface area contributed by atoms with Crippen LogP contribution in [0, 0.1) is 6.92 Å². The molecule has 240 valence electrons. The molecule has 1 N–H and O–H groups in total. The monoisotopic (exact) mass is 646 g/mol. The number of hydrogen-bond donors (Lipinski definition) is 1. The Morgan fingerprint density at radius 1 is 0.870 bits per heavy atom. The lowest BCUT2D eigenvalue weighted by Crippen LogP contribution is -2.52. The van der Waals surface area contributed by atoms with Gasteiger partial charge in [0.25, 0.3) is 0 Å². The van der Waals surface area contributed by atoms with Crippen LogP contribution in [0.15, 0.2) is 83.8 Å². The maximum atomic E-state index is 13.5. The lowest BCUT2D eigenvalue weighted by Gasteiger charge is -2.26. The van der Waals surface area contributed by atoms with E-state index in [4.69, 9.17) is 4.74 Å². The van der Waals surface area contributed by atoms with E-state index in [2.05, 4.69) is 5.32 Å². The van der Waals surface area contributed by atoms with E-state index in [1.54, 1.807) is 68.4 Å². The van der Waals surface area contributed by atoms with Crippen LogP contribution in [0.5, 0.6) is 0 Å². The van der Waals surface area contributed by atoms with Gasteiger partial charge in [-0.05, 0) is 75.6 Å². The molecule has 0 spiro atoms. The SMILES string of the molecule is Cc1ccc(S(=O)(=O)N2CCC[C@H]2C(=O)N[C@@H](Cc2ccc(N3C(=O)C(=O)N(c4ccccc4)C3=O)cc2)C(=O)OC(C)C)cc1. The molecule has 2 aliphatic heterocycles. The van der Waals surface area contributed by atoms with Gasteiger partial charge in [0, 0.05) is 13.0 Å². The number of benzene rings is 3. The minimum absolute atomic E-state index is 0.0219. The van der Waals surface area contributed by atoms with Crippen LogP contribution in [0.25, 0.3) is 0 Å². The molecule has 13 heteroatoms. The van der Waals surface area contributed by atoms with Crippen molar-refractivity contribution in [2.75, 3.05) is 16.3 Å². The highest BCUT2D eigenvalue weighted by atomic mass is 32.2. The van der Waals surface area contributed by atoms with E-state index in [0.717, 1.165) is 19.7 Å². The fraction of sp³-hybridized carbons (Fsp3) is 0.303. The summed E-state index contributed by atoms with van der Waals surface area (Å²) in [5, 5.41) is 2.70. The Labute approximate surface area is 267 Å². The zero-order valence-electron chi connectivity index (χ0n) is 25.6. The second-order valence-corrected chi connectivity index (χ2v) is 13.3. The second-order valence-electron chi connectivity index (χ2n) is 11.4. The van der Waals surface area contributed by atoms with Crippen molar-refractivity contribution < 1.29 is 37.1 Å². The lowest BCUT2D eigenvalue weighted by atomic mass is 10.0. The molecule has 5 amide bonds. The zero-order chi connectivity index (χ0) is 33.2. The topological polar surface area (TPSA) is 150 Å². The lowest BCUT2D eigenvalue weighted by molar-refractivity contribution is -0.151. The predicted molar refractivity (Wildman–Crippen MR) is 168 cm³/mol. The summed E-state index contributed by atoms with van der Waals surface area (Å²) in [6.45, 7) is 5.35. The quantitative estimate of drug-likeness (QED) is 0.200. The fourth-order valence-corrected chi connectivity index (χ4v) is 7.08. The van der Waals surface area contributed by atoms with Crippen LogP contribution in [0.2, 0.25) is 0 Å². The summed E-state index contributed by atoms with van der Waals surface area (Å²) in [6.07, 6.45) is 0.265. The van der Waals surface area contributed by atoms with E-state index in [-0.39, 0.29) is 35.7 Å². The molecule has 0 aliphatic carbocycles. The molecule has 0 saturated carbocycles. The van der Waals surface area contributed by atoms with Crippen molar-refractivity contribution >= 4 is 51.1 Å². The Kier molecular flexibility index (Phi) is 9.35. The van der Waals surface area contributed by atoms with Gasteiger partial charge >= 0.3 is 23.8 Å². The first-order valence-corrected chi connectivity index (χ1v) is 16.3. The van der Waals surface area contributed by atoms with E-state index >= 15 is 0 Å². The summed E-state index contributed by atoms with van der Waals surface area (Å²) in [4.78, 5) is 66.8. The molecule has 12 nitrogen and oxygen atoms in total. The third-order valence-electron chi connectivity index (χ3n) is 7.71. The molecule has 2 saturated heterocycles. The molecule has 46 heavy (non-hydrogen) atoms. The third-order valence-corrected chi connectivity index (χ3v) is 9.63. The van der Waals surface area contributed by atoms with Crippen LogP contribution in [0.4, 0.5) is 16.2 Å². The highest BCUT2D eigenvalue weighted by Crippen LogP contribution is 2.29. The van der Waals surface area contributed by atoms with Crippen LogP contribution in [0.1, 0.15) is 37.8 Å². The number of nitrogens with one attached hydrogen (secondary N) is 1. The molecule has 0 unspecified atom stereocenters. The summed E-state index contributed by atoms with van der Waals surface area (Å²) in [6, 6.07) is 17.6. The number of para-hydroxylation sites is 1. The number of nitrogens with zero attached hydrogens (tertiary/aromatic N) is 3. The van der Waals surface area contributed by atoms with Crippen molar-refractivity contribution in [3.05, 3.63) is 90.0 Å². The molecule has 2 heterocycles. The summed E-state index contributed by atoms with van der Waals surface area (Å²) in [5.41, 5.74) is 1.87. The fourth-order valence-electron chi connectivity index (χ4n) is 5.43. The minimum Gasteiger partial charge on any atom is -0.461 e. The predicted octanol–water partition coefficient (Wildman–Crippen LogP) is 3.33. The summed E-state index contributed by atoms with van der Waals surface area (Å²) < 4.78 is 33.4. The van der Waals surface area contributed by atoms with Crippen molar-refractivity contribution in [2.24, 2.45) is 0 Å². The molecule has 2 atom stereocenters. The number of rotatable bonds is 10. The average Bonchev–Trinajstić information content (AvgIpc) is 3.61. The molecular formula is C33H34N4O8S. The van der Waals surface area contributed by atoms with Crippen LogP contribution >= 0.6 is 0 Å².